The fourth-order valence-corrected chi connectivity index (χ4v) is 9.89. The Morgan fingerprint density at radius 2 is 1.57 bits per heavy atom. The van der Waals surface area contributed by atoms with Gasteiger partial charge in [0, 0.05) is 37.1 Å². The summed E-state index contributed by atoms with van der Waals surface area (Å²) in [4.78, 5) is 88.3. The molecule has 12 N–H and O–H groups in total. The molecule has 9 unspecified atom stereocenters. The minimum Gasteiger partial charge on any atom is -0.390 e. The van der Waals surface area contributed by atoms with Crippen LogP contribution in [0.1, 0.15) is 97.6 Å². The van der Waals surface area contributed by atoms with Gasteiger partial charge in [0.1, 0.15) is 36.3 Å². The summed E-state index contributed by atoms with van der Waals surface area (Å²) in [5.74, 6) is -1.37. The van der Waals surface area contributed by atoms with Crippen LogP contribution in [0.15, 0.2) is 12.7 Å². The number of aliphatic hydroxyl groups is 4. The molecule has 30 heteroatoms. The molecule has 0 aromatic carbocycles. The standard InChI is InChI=1S/C35H62N7O19P3S/c1-4-5-6-7-8-9-10-11-12-22(43)23(44)17-26(46)65-16-15-37-25(45)13-14-38-33(49)30(48)35(2,3)19-58-64(55,56)61-63(53,54)57-18-24-29(60-62(50,51)52)28(47)34(59-24)42-21-41-27-31(36)39-20-40-32(27)42/h20-24,28-30,34,43-44,47-48H,4-19H2,1-3H3,(H,37,45)(H,38,49)(H,53,54)(H,55,56)(H2,36,39,40)(H2,50,51,52). The predicted octanol–water partition coefficient (Wildman–Crippen LogP) is 1.31. The topological polar surface area (TPSA) is 404 Å². The number of nitrogens with one attached hydrogen (secondary N) is 2. The quantitative estimate of drug-likeness (QED) is 0.0374. The molecule has 9 atom stereocenters. The number of aliphatic hydroxyl groups excluding tert-OH is 4. The molecule has 3 heterocycles. The van der Waals surface area contributed by atoms with E-state index in [9.17, 15) is 68.1 Å². The van der Waals surface area contributed by atoms with Crippen LogP contribution in [0.3, 0.4) is 0 Å². The first-order chi connectivity index (χ1) is 30.4. The number of unbranched alkanes of at least 4 members (excludes halogenated alkanes) is 7. The Balaban J connectivity index is 1.37. The van der Waals surface area contributed by atoms with Gasteiger partial charge < -0.3 is 61.1 Å². The summed E-state index contributed by atoms with van der Waals surface area (Å²) < 4.78 is 62.3. The number of nitrogens with two attached hydrogens (primary N) is 1. The lowest BCUT2D eigenvalue weighted by Crippen LogP contribution is -2.46. The number of carbonyl (C=O) groups is 3. The number of hydrogen-bond donors (Lipinski definition) is 11. The number of fused-ring (bicyclic) bond motifs is 1. The first-order valence-corrected chi connectivity index (χ1v) is 26.3. The maximum Gasteiger partial charge on any atom is 0.481 e. The van der Waals surface area contributed by atoms with Gasteiger partial charge in [-0.1, -0.05) is 83.9 Å². The third-order valence-corrected chi connectivity index (χ3v) is 13.9. The molecular formula is C35H62N7O19P3S. The molecule has 2 aromatic heterocycles. The van der Waals surface area contributed by atoms with Crippen molar-refractivity contribution in [3.05, 3.63) is 12.7 Å². The van der Waals surface area contributed by atoms with Crippen molar-refractivity contribution in [2.75, 3.05) is 37.8 Å². The number of thioether (sulfide) groups is 1. The highest BCUT2D eigenvalue weighted by molar-refractivity contribution is 8.13. The van der Waals surface area contributed by atoms with Crippen LogP contribution in [-0.4, -0.2) is 145 Å². The number of phosphoric acid groups is 3. The lowest BCUT2D eigenvalue weighted by molar-refractivity contribution is -0.137. The monoisotopic (exact) mass is 1010 g/mol. The largest absolute Gasteiger partial charge is 0.481 e. The van der Waals surface area contributed by atoms with E-state index in [0.29, 0.717) is 6.42 Å². The molecule has 0 saturated carbocycles. The molecular weight excluding hydrogens is 947 g/mol. The van der Waals surface area contributed by atoms with Crippen LogP contribution >= 0.6 is 35.2 Å². The van der Waals surface area contributed by atoms with E-state index in [0.717, 1.165) is 54.7 Å². The molecule has 0 radical (unpaired) electrons. The Bertz CT molecular complexity index is 2000. The van der Waals surface area contributed by atoms with E-state index in [1.807, 2.05) is 0 Å². The zero-order valence-electron chi connectivity index (χ0n) is 36.2. The second-order valence-electron chi connectivity index (χ2n) is 15.9. The highest BCUT2D eigenvalue weighted by atomic mass is 32.2. The molecule has 65 heavy (non-hydrogen) atoms. The predicted molar refractivity (Wildman–Crippen MR) is 231 cm³/mol. The summed E-state index contributed by atoms with van der Waals surface area (Å²) in [6, 6.07) is 0. The molecule has 1 aliphatic rings. The van der Waals surface area contributed by atoms with Gasteiger partial charge in [-0.2, -0.15) is 4.31 Å². The van der Waals surface area contributed by atoms with Crippen LogP contribution in [0.25, 0.3) is 11.2 Å². The molecule has 1 aliphatic heterocycles. The third kappa shape index (κ3) is 19.5. The normalized spacial score (nSPS) is 21.3. The van der Waals surface area contributed by atoms with Crippen molar-refractivity contribution in [3.8, 4) is 0 Å². The Hall–Kier alpha value is -2.52. The number of carbonyl (C=O) groups excluding carboxylic acids is 3. The average molecular weight is 1010 g/mol. The van der Waals surface area contributed by atoms with E-state index in [1.165, 1.54) is 39.5 Å². The number of rotatable bonds is 31. The summed E-state index contributed by atoms with van der Waals surface area (Å²) in [5, 5.41) is 46.5. The van der Waals surface area contributed by atoms with Gasteiger partial charge in [0.2, 0.25) is 11.8 Å². The average Bonchev–Trinajstić information content (AvgIpc) is 3.78. The van der Waals surface area contributed by atoms with Crippen LogP contribution in [0.4, 0.5) is 5.82 Å². The summed E-state index contributed by atoms with van der Waals surface area (Å²) in [6.07, 6.45) is -0.379. The van der Waals surface area contributed by atoms with E-state index in [2.05, 4.69) is 41.3 Å². The van der Waals surface area contributed by atoms with E-state index >= 15 is 0 Å². The van der Waals surface area contributed by atoms with Crippen LogP contribution in [0.2, 0.25) is 0 Å². The van der Waals surface area contributed by atoms with Gasteiger partial charge in [-0.3, -0.25) is 32.5 Å². The minimum absolute atomic E-state index is 0.0225. The molecule has 0 spiro atoms. The van der Waals surface area contributed by atoms with Gasteiger partial charge in [0.15, 0.2) is 22.8 Å². The smallest absolute Gasteiger partial charge is 0.390 e. The van der Waals surface area contributed by atoms with Gasteiger partial charge in [0.25, 0.3) is 0 Å². The van der Waals surface area contributed by atoms with E-state index in [1.54, 1.807) is 0 Å². The molecule has 1 saturated heterocycles. The lowest BCUT2D eigenvalue weighted by Gasteiger charge is -2.30. The zero-order chi connectivity index (χ0) is 48.6. The Morgan fingerprint density at radius 3 is 2.23 bits per heavy atom. The summed E-state index contributed by atoms with van der Waals surface area (Å²) in [6.45, 7) is 2.41. The Morgan fingerprint density at radius 1 is 0.923 bits per heavy atom. The fraction of sp³-hybridized carbons (Fsp3) is 0.771. The molecule has 2 amide bonds. The van der Waals surface area contributed by atoms with Gasteiger partial charge in [-0.05, 0) is 6.42 Å². The Kier molecular flexibility index (Phi) is 23.0. The molecule has 26 nitrogen and oxygen atoms in total. The maximum atomic E-state index is 12.7. The van der Waals surface area contributed by atoms with Gasteiger partial charge >= 0.3 is 23.5 Å². The van der Waals surface area contributed by atoms with E-state index < -0.39 is 96.8 Å². The third-order valence-electron chi connectivity index (χ3n) is 9.94. The van der Waals surface area contributed by atoms with Crippen molar-refractivity contribution in [2.24, 2.45) is 5.41 Å². The van der Waals surface area contributed by atoms with Crippen molar-refractivity contribution < 1.29 is 90.7 Å². The van der Waals surface area contributed by atoms with Crippen LogP contribution in [0.5, 0.6) is 0 Å². The summed E-state index contributed by atoms with van der Waals surface area (Å²) >= 11 is 0.886. The number of imidazole rings is 1. The highest BCUT2D eigenvalue weighted by Gasteiger charge is 2.50. The molecule has 2 aromatic rings. The first kappa shape index (κ1) is 56.8. The number of phosphoric ester groups is 3. The SMILES string of the molecule is CCCCCCCCCCC(O)C(O)CC(=O)SCCNC(=O)CCNC(=O)C(O)C(C)(C)COP(=O)(O)OP(=O)(O)OCC1OC(n2cnc3c(N)ncnc32)C(O)C1OP(=O)(O)O. The van der Waals surface area contributed by atoms with Crippen molar-refractivity contribution >= 4 is 69.1 Å². The second-order valence-corrected chi connectivity index (χ2v) is 21.3. The van der Waals surface area contributed by atoms with Gasteiger partial charge in [0.05, 0.1) is 31.7 Å². The van der Waals surface area contributed by atoms with Crippen molar-refractivity contribution in [3.63, 3.8) is 0 Å². The Labute approximate surface area is 379 Å². The van der Waals surface area contributed by atoms with Crippen molar-refractivity contribution in [2.45, 2.75) is 134 Å². The number of anilines is 1. The van der Waals surface area contributed by atoms with Gasteiger partial charge in [-0.25, -0.2) is 28.6 Å². The van der Waals surface area contributed by atoms with E-state index in [-0.39, 0.29) is 53.8 Å². The molecule has 0 aliphatic carbocycles. The fourth-order valence-electron chi connectivity index (χ4n) is 6.34. The lowest BCUT2D eigenvalue weighted by atomic mass is 9.87. The minimum atomic E-state index is -5.59. The van der Waals surface area contributed by atoms with Gasteiger partial charge in [-0.15, -0.1) is 0 Å². The number of aromatic nitrogens is 4. The number of nitrogen functional groups attached to an aromatic ring is 1. The first-order valence-electron chi connectivity index (χ1n) is 20.8. The number of nitrogens with zero attached hydrogens (tertiary/aromatic N) is 4. The zero-order valence-corrected chi connectivity index (χ0v) is 39.7. The summed E-state index contributed by atoms with van der Waals surface area (Å²) in [5.41, 5.74) is 4.22. The molecule has 1 fully saturated rings. The number of amides is 2. The number of hydrogen-bond acceptors (Lipinski definition) is 20. The van der Waals surface area contributed by atoms with E-state index in [4.69, 9.17) is 19.5 Å². The summed E-state index contributed by atoms with van der Waals surface area (Å²) in [7, 11) is -16.5. The van der Waals surface area contributed by atoms with Crippen molar-refractivity contribution in [1.29, 1.82) is 0 Å². The number of ether oxygens (including phenoxy) is 1. The van der Waals surface area contributed by atoms with Crippen molar-refractivity contribution in [1.82, 2.24) is 30.2 Å². The molecule has 3 rings (SSSR count). The highest BCUT2D eigenvalue weighted by Crippen LogP contribution is 2.61. The van der Waals surface area contributed by atoms with Crippen LogP contribution < -0.4 is 16.4 Å². The van der Waals surface area contributed by atoms with Crippen LogP contribution in [-0.2, 0) is 50.7 Å². The maximum absolute atomic E-state index is 12.7. The second kappa shape index (κ2) is 26.3. The molecule has 0 bridgehead atoms. The van der Waals surface area contributed by atoms with Crippen LogP contribution in [0, 0.1) is 5.41 Å². The molecule has 372 valence electrons.